The summed E-state index contributed by atoms with van der Waals surface area (Å²) in [5.74, 6) is -6.34. The predicted octanol–water partition coefficient (Wildman–Crippen LogP) is 9.12. The molecule has 0 fully saturated rings. The van der Waals surface area contributed by atoms with Crippen LogP contribution >= 0.6 is 23.4 Å². The van der Waals surface area contributed by atoms with Crippen LogP contribution in [0.5, 0.6) is 0 Å². The Morgan fingerprint density at radius 1 is 0.841 bits per heavy atom. The Labute approximate surface area is 492 Å². The van der Waals surface area contributed by atoms with E-state index in [2.05, 4.69) is 16.0 Å². The van der Waals surface area contributed by atoms with Crippen molar-refractivity contribution in [1.29, 1.82) is 0 Å². The summed E-state index contributed by atoms with van der Waals surface area (Å²) in [6.07, 6.45) is 2.56. The molecule has 0 spiro atoms. The molecule has 3 aromatic rings. The first-order valence-corrected chi connectivity index (χ1v) is 29.5. The summed E-state index contributed by atoms with van der Waals surface area (Å²) in [5.41, 5.74) is 4.30. The second kappa shape index (κ2) is 31.7. The highest BCUT2D eigenvalue weighted by molar-refractivity contribution is 7.98. The fourth-order valence-corrected chi connectivity index (χ4v) is 9.95. The van der Waals surface area contributed by atoms with Crippen LogP contribution in [0.25, 0.3) is 11.1 Å². The van der Waals surface area contributed by atoms with Crippen molar-refractivity contribution >= 4 is 71.0 Å². The van der Waals surface area contributed by atoms with Crippen LogP contribution in [0.1, 0.15) is 118 Å². The number of amides is 5. The summed E-state index contributed by atoms with van der Waals surface area (Å²) in [5, 5.41) is 18.0. The van der Waals surface area contributed by atoms with Crippen molar-refractivity contribution < 1.29 is 62.4 Å². The van der Waals surface area contributed by atoms with Crippen molar-refractivity contribution in [2.24, 2.45) is 17.8 Å². The molecule has 0 aliphatic heterocycles. The molecule has 0 heterocycles. The number of carbonyl (C=O) groups is 8. The number of likely N-dealkylation sites (N-methyl/N-ethyl adjacent to an activating group) is 2. The Balaban J connectivity index is 1.44. The highest BCUT2D eigenvalue weighted by Crippen LogP contribution is 2.44. The largest absolute Gasteiger partial charge is 0.480 e. The van der Waals surface area contributed by atoms with E-state index in [-0.39, 0.29) is 55.1 Å². The second-order valence-corrected chi connectivity index (χ2v) is 23.3. The molecule has 20 heteroatoms. The van der Waals surface area contributed by atoms with Gasteiger partial charge in [-0.2, -0.15) is 0 Å². The SMILES string of the molecule is C/C=C(\C)[C@@H](OC(=O)C(C)(C)NC(=O)OCC1c2ccccc2-c2ccccc21)[C@@H](C)[C@H](C/C=C(\C)C(=O)O[C@H](CC(C)C)C(=O)N[C@@H](C)C(=O)N(C)[C@H](Cc1ccc(Cl)cc1)C(=O)N(C)CC(=O)N[C@H](C(=O)O)[C@H](C)CC)OCSC. The Bertz CT molecular complexity index is 2740. The minimum absolute atomic E-state index is 0.00126. The maximum absolute atomic E-state index is 14.2. The van der Waals surface area contributed by atoms with Gasteiger partial charge >= 0.3 is 24.0 Å². The lowest BCUT2D eigenvalue weighted by molar-refractivity contribution is -0.158. The number of halogens is 1. The molecule has 82 heavy (non-hydrogen) atoms. The number of thioether (sulfide) groups is 1. The van der Waals surface area contributed by atoms with Crippen molar-refractivity contribution in [2.45, 2.75) is 150 Å². The number of allylic oxidation sites excluding steroid dienone is 1. The lowest BCUT2D eigenvalue weighted by Crippen LogP contribution is -2.56. The van der Waals surface area contributed by atoms with Crippen LogP contribution in [0.4, 0.5) is 4.79 Å². The fraction of sp³-hybridized carbons (Fsp3) is 0.516. The molecule has 4 N–H and O–H groups in total. The summed E-state index contributed by atoms with van der Waals surface area (Å²) < 4.78 is 24.1. The van der Waals surface area contributed by atoms with E-state index in [1.165, 1.54) is 51.5 Å². The lowest BCUT2D eigenvalue weighted by Gasteiger charge is -2.34. The molecular formula is C62H84ClN5O13S. The van der Waals surface area contributed by atoms with Gasteiger partial charge in [0.1, 0.15) is 36.4 Å². The Morgan fingerprint density at radius 2 is 1.44 bits per heavy atom. The number of esters is 2. The first kappa shape index (κ1) is 67.8. The summed E-state index contributed by atoms with van der Waals surface area (Å²) in [4.78, 5) is 111. The zero-order chi connectivity index (χ0) is 61.2. The third kappa shape index (κ3) is 18.9. The summed E-state index contributed by atoms with van der Waals surface area (Å²) in [7, 11) is 2.77. The van der Waals surface area contributed by atoms with E-state index >= 15 is 0 Å². The number of fused-ring (bicyclic) bond motifs is 3. The minimum atomic E-state index is -1.51. The normalized spacial score (nSPS) is 15.5. The van der Waals surface area contributed by atoms with E-state index in [9.17, 15) is 43.5 Å². The van der Waals surface area contributed by atoms with Crippen LogP contribution < -0.4 is 16.0 Å². The maximum Gasteiger partial charge on any atom is 0.408 e. The molecule has 0 saturated heterocycles. The Hall–Kier alpha value is -6.70. The van der Waals surface area contributed by atoms with Crippen LogP contribution in [-0.2, 0) is 58.9 Å². The van der Waals surface area contributed by atoms with Gasteiger partial charge in [0.2, 0.25) is 17.7 Å². The number of hydrogen-bond donors (Lipinski definition) is 4. The van der Waals surface area contributed by atoms with Gasteiger partial charge in [-0.3, -0.25) is 19.2 Å². The highest BCUT2D eigenvalue weighted by Gasteiger charge is 2.39. The van der Waals surface area contributed by atoms with E-state index in [1.807, 2.05) is 95.5 Å². The number of hydrogen-bond acceptors (Lipinski definition) is 13. The van der Waals surface area contributed by atoms with Crippen LogP contribution in [-0.4, -0.2) is 144 Å². The van der Waals surface area contributed by atoms with Crippen molar-refractivity contribution in [2.75, 3.05) is 39.4 Å². The second-order valence-electron chi connectivity index (χ2n) is 22.0. The molecule has 1 aliphatic carbocycles. The molecule has 0 aromatic heterocycles. The molecule has 1 aliphatic rings. The van der Waals surface area contributed by atoms with Gasteiger partial charge in [-0.1, -0.05) is 125 Å². The first-order valence-electron chi connectivity index (χ1n) is 27.7. The maximum atomic E-state index is 14.2. The zero-order valence-electron chi connectivity index (χ0n) is 49.8. The smallest absolute Gasteiger partial charge is 0.408 e. The third-order valence-corrected chi connectivity index (χ3v) is 15.4. The molecule has 3 aromatic carbocycles. The number of alkyl carbamates (subject to hydrolysis) is 1. The van der Waals surface area contributed by atoms with Crippen LogP contribution in [0.3, 0.4) is 0 Å². The van der Waals surface area contributed by atoms with Crippen molar-refractivity contribution in [1.82, 2.24) is 25.8 Å². The van der Waals surface area contributed by atoms with Crippen LogP contribution in [0, 0.1) is 17.8 Å². The van der Waals surface area contributed by atoms with Gasteiger partial charge in [-0.15, -0.1) is 11.8 Å². The van der Waals surface area contributed by atoms with E-state index < -0.39 is 102 Å². The number of nitrogens with one attached hydrogen (secondary N) is 3. The van der Waals surface area contributed by atoms with Crippen LogP contribution in [0.15, 0.2) is 96.1 Å². The van der Waals surface area contributed by atoms with Gasteiger partial charge in [0, 0.05) is 42.9 Å². The Morgan fingerprint density at radius 3 is 1.99 bits per heavy atom. The average Bonchev–Trinajstić information content (AvgIpc) is 3.96. The summed E-state index contributed by atoms with van der Waals surface area (Å²) in [6.45, 7) is 18.3. The van der Waals surface area contributed by atoms with Gasteiger partial charge in [0.25, 0.3) is 5.91 Å². The average molecular weight is 1170 g/mol. The molecule has 0 bridgehead atoms. The number of ether oxygens (including phenoxy) is 4. The van der Waals surface area contributed by atoms with Crippen molar-refractivity contribution in [3.8, 4) is 11.1 Å². The van der Waals surface area contributed by atoms with Crippen molar-refractivity contribution in [3.05, 3.63) is 118 Å². The van der Waals surface area contributed by atoms with Crippen LogP contribution in [0.2, 0.25) is 5.02 Å². The summed E-state index contributed by atoms with van der Waals surface area (Å²) in [6, 6.07) is 19.1. The number of carbonyl (C=O) groups excluding carboxylic acids is 7. The number of carboxylic acid groups (broad SMARTS) is 1. The van der Waals surface area contributed by atoms with Crippen molar-refractivity contribution in [3.63, 3.8) is 0 Å². The zero-order valence-corrected chi connectivity index (χ0v) is 51.4. The molecule has 0 unspecified atom stereocenters. The fourth-order valence-electron chi connectivity index (χ4n) is 9.51. The van der Waals surface area contributed by atoms with E-state index in [0.29, 0.717) is 17.0 Å². The molecule has 18 nitrogen and oxygen atoms in total. The number of carboxylic acids is 1. The van der Waals surface area contributed by atoms with Gasteiger partial charge in [0.15, 0.2) is 6.10 Å². The molecule has 0 radical (unpaired) electrons. The number of aliphatic carboxylic acids is 1. The van der Waals surface area contributed by atoms with Gasteiger partial charge < -0.3 is 49.8 Å². The van der Waals surface area contributed by atoms with E-state index in [0.717, 1.165) is 32.7 Å². The van der Waals surface area contributed by atoms with Gasteiger partial charge in [-0.05, 0) is 118 Å². The molecule has 5 amide bonds. The number of rotatable bonds is 30. The van der Waals surface area contributed by atoms with E-state index in [1.54, 1.807) is 51.1 Å². The molecule has 0 saturated carbocycles. The Kier molecular flexibility index (Phi) is 26.2. The topological polar surface area (TPSA) is 236 Å². The lowest BCUT2D eigenvalue weighted by atomic mass is 9.90. The molecule has 8 atom stereocenters. The highest BCUT2D eigenvalue weighted by atomic mass is 35.5. The standard InChI is InChI=1S/C62H84ClN5O13S/c1-15-37(5)53(58(73)74)65-52(69)33-67(12)57(72)49(32-42-26-28-43(63)29-27-42)68(13)56(71)41(9)64-55(70)51(31-36(3)4)80-59(75)39(7)25-30-50(79-35-82-14)40(8)54(38(6)16-2)81-60(76)62(10,11)66-61(77)78-34-48-46-23-19-17-21-44(46)45-22-18-20-24-47(45)48/h16-29,36-37,40-41,48-51,53-54H,15,30-35H2,1-14H3,(H,64,70)(H,65,69)(H,66,77)(H,73,74)/b38-16+,39-25+/t37-,40+,41+,49-,50+,51-,53+,54-/m1/s1. The number of benzene rings is 3. The van der Waals surface area contributed by atoms with E-state index in [4.69, 9.17) is 30.5 Å². The molecular weight excluding hydrogens is 1090 g/mol. The predicted molar refractivity (Wildman–Crippen MR) is 318 cm³/mol. The summed E-state index contributed by atoms with van der Waals surface area (Å²) >= 11 is 7.58. The molecule has 448 valence electrons. The first-order chi connectivity index (χ1) is 38.6. The monoisotopic (exact) mass is 1170 g/mol. The number of nitrogens with zero attached hydrogens (tertiary/aromatic N) is 2. The third-order valence-electron chi connectivity index (χ3n) is 14.8. The molecule has 4 rings (SSSR count). The minimum Gasteiger partial charge on any atom is -0.480 e. The van der Waals surface area contributed by atoms with Gasteiger partial charge in [-0.25, -0.2) is 19.2 Å². The quantitative estimate of drug-likeness (QED) is 0.0160. The van der Waals surface area contributed by atoms with Gasteiger partial charge in [0.05, 0.1) is 18.6 Å².